The van der Waals surface area contributed by atoms with E-state index < -0.39 is 0 Å². The largest absolute Gasteiger partial charge is 0.389 e. The van der Waals surface area contributed by atoms with E-state index in [0.29, 0.717) is 0 Å². The van der Waals surface area contributed by atoms with Gasteiger partial charge < -0.3 is 5.11 Å². The van der Waals surface area contributed by atoms with Crippen molar-refractivity contribution in [2.45, 2.75) is 19.4 Å². The fraction of sp³-hybridized carbons (Fsp3) is 0.600. The molecule has 1 N–H and O–H groups in total. The highest BCUT2D eigenvalue weighted by molar-refractivity contribution is 14.1. The second-order valence-electron chi connectivity index (χ2n) is 1.29. The monoisotopic (exact) mass is 212 g/mol. The molecular weight excluding hydrogens is 203 g/mol. The van der Waals surface area contributed by atoms with Crippen molar-refractivity contribution in [1.29, 1.82) is 0 Å². The predicted octanol–water partition coefficient (Wildman–Crippen LogP) is 1.71. The minimum atomic E-state index is -0.239. The molecule has 1 atom stereocenters. The van der Waals surface area contributed by atoms with E-state index in [9.17, 15) is 0 Å². The fourth-order valence-electron chi connectivity index (χ4n) is 0.220. The molecule has 0 rings (SSSR count). The van der Waals surface area contributed by atoms with Crippen LogP contribution in [0, 0.1) is 0 Å². The molecule has 0 bridgehead atoms. The minimum absolute atomic E-state index is 0.239. The van der Waals surface area contributed by atoms with Crippen molar-refractivity contribution in [3.8, 4) is 0 Å². The van der Waals surface area contributed by atoms with E-state index in [0.717, 1.165) is 6.42 Å². The first-order valence-corrected chi connectivity index (χ1v) is 3.50. The van der Waals surface area contributed by atoms with Crippen LogP contribution in [-0.4, -0.2) is 11.2 Å². The lowest BCUT2D eigenvalue weighted by molar-refractivity contribution is 0.219. The third-order valence-electron chi connectivity index (χ3n) is 0.713. The SMILES string of the molecule is CC[C@@H](O)C=CI. The Morgan fingerprint density at radius 1 is 1.86 bits per heavy atom. The third kappa shape index (κ3) is 4.28. The first-order valence-electron chi connectivity index (χ1n) is 2.26. The Labute approximate surface area is 57.6 Å². The number of halogens is 1. The summed E-state index contributed by atoms with van der Waals surface area (Å²) in [6.45, 7) is 1.95. The molecule has 0 radical (unpaired) electrons. The third-order valence-corrected chi connectivity index (χ3v) is 1.13. The zero-order valence-corrected chi connectivity index (χ0v) is 6.42. The van der Waals surface area contributed by atoms with Gasteiger partial charge in [-0.2, -0.15) is 0 Å². The van der Waals surface area contributed by atoms with Gasteiger partial charge in [-0.15, -0.1) is 0 Å². The van der Waals surface area contributed by atoms with Gasteiger partial charge in [-0.1, -0.05) is 35.6 Å². The summed E-state index contributed by atoms with van der Waals surface area (Å²) in [5, 5.41) is 8.77. The predicted molar refractivity (Wildman–Crippen MR) is 39.5 cm³/mol. The van der Waals surface area contributed by atoms with Gasteiger partial charge in [-0.3, -0.25) is 0 Å². The molecule has 0 heterocycles. The van der Waals surface area contributed by atoms with Gasteiger partial charge in [0.05, 0.1) is 6.10 Å². The molecule has 0 fully saturated rings. The molecule has 0 saturated heterocycles. The van der Waals surface area contributed by atoms with Crippen LogP contribution in [0.3, 0.4) is 0 Å². The topological polar surface area (TPSA) is 20.2 Å². The van der Waals surface area contributed by atoms with Gasteiger partial charge in [0.15, 0.2) is 0 Å². The summed E-state index contributed by atoms with van der Waals surface area (Å²) in [6, 6.07) is 0. The van der Waals surface area contributed by atoms with E-state index in [1.54, 1.807) is 6.08 Å². The van der Waals surface area contributed by atoms with Crippen LogP contribution in [0.15, 0.2) is 10.2 Å². The number of hydrogen-bond acceptors (Lipinski definition) is 1. The Morgan fingerprint density at radius 2 is 2.43 bits per heavy atom. The second kappa shape index (κ2) is 4.59. The summed E-state index contributed by atoms with van der Waals surface area (Å²) >= 11 is 2.09. The number of rotatable bonds is 2. The highest BCUT2D eigenvalue weighted by Gasteiger charge is 1.88. The van der Waals surface area contributed by atoms with Crippen LogP contribution < -0.4 is 0 Å². The van der Waals surface area contributed by atoms with Crippen molar-refractivity contribution in [2.24, 2.45) is 0 Å². The molecule has 0 saturated carbocycles. The standard InChI is InChI=1S/C5H9IO/c1-2-5(7)3-4-6/h3-5,7H,2H2,1H3/t5-/m1/s1. The molecule has 0 unspecified atom stereocenters. The summed E-state index contributed by atoms with van der Waals surface area (Å²) in [4.78, 5) is 0. The Morgan fingerprint density at radius 3 is 2.57 bits per heavy atom. The lowest BCUT2D eigenvalue weighted by Gasteiger charge is -1.94. The molecule has 0 aromatic carbocycles. The molecule has 0 aromatic heterocycles. The van der Waals surface area contributed by atoms with Gasteiger partial charge in [0.25, 0.3) is 0 Å². The summed E-state index contributed by atoms with van der Waals surface area (Å²) in [6.07, 6.45) is 2.33. The molecule has 0 aromatic rings. The highest BCUT2D eigenvalue weighted by atomic mass is 127. The van der Waals surface area contributed by atoms with Crippen LogP contribution in [0.4, 0.5) is 0 Å². The first kappa shape index (κ1) is 7.43. The van der Waals surface area contributed by atoms with Crippen LogP contribution in [-0.2, 0) is 0 Å². The van der Waals surface area contributed by atoms with Crippen LogP contribution in [0.1, 0.15) is 13.3 Å². The number of hydrogen-bond donors (Lipinski definition) is 1. The van der Waals surface area contributed by atoms with Crippen LogP contribution in [0.2, 0.25) is 0 Å². The molecule has 2 heteroatoms. The normalized spacial score (nSPS) is 15.3. The van der Waals surface area contributed by atoms with Gasteiger partial charge in [-0.05, 0) is 10.5 Å². The van der Waals surface area contributed by atoms with Crippen LogP contribution >= 0.6 is 22.6 Å². The maximum absolute atomic E-state index is 8.77. The smallest absolute Gasteiger partial charge is 0.0725 e. The van der Waals surface area contributed by atoms with E-state index in [1.807, 2.05) is 11.0 Å². The molecule has 42 valence electrons. The van der Waals surface area contributed by atoms with Crippen molar-refractivity contribution in [1.82, 2.24) is 0 Å². The molecule has 0 aliphatic rings. The van der Waals surface area contributed by atoms with Gasteiger partial charge in [-0.25, -0.2) is 0 Å². The van der Waals surface area contributed by atoms with E-state index in [-0.39, 0.29) is 6.10 Å². The molecular formula is C5H9IO. The van der Waals surface area contributed by atoms with Crippen molar-refractivity contribution < 1.29 is 5.11 Å². The van der Waals surface area contributed by atoms with Crippen molar-refractivity contribution in [3.63, 3.8) is 0 Å². The highest BCUT2D eigenvalue weighted by Crippen LogP contribution is 1.93. The first-order chi connectivity index (χ1) is 3.31. The van der Waals surface area contributed by atoms with Gasteiger partial charge in [0.2, 0.25) is 0 Å². The van der Waals surface area contributed by atoms with E-state index in [1.165, 1.54) is 0 Å². The Hall–Kier alpha value is 0.430. The Balaban J connectivity index is 3.16. The summed E-state index contributed by atoms with van der Waals surface area (Å²) < 4.78 is 1.83. The molecule has 7 heavy (non-hydrogen) atoms. The van der Waals surface area contributed by atoms with Crippen LogP contribution in [0.5, 0.6) is 0 Å². The van der Waals surface area contributed by atoms with E-state index in [2.05, 4.69) is 22.6 Å². The minimum Gasteiger partial charge on any atom is -0.389 e. The number of aliphatic hydroxyl groups excluding tert-OH is 1. The zero-order valence-electron chi connectivity index (χ0n) is 4.26. The lowest BCUT2D eigenvalue weighted by atomic mass is 10.3. The van der Waals surface area contributed by atoms with Crippen molar-refractivity contribution >= 4 is 22.6 Å². The van der Waals surface area contributed by atoms with Crippen molar-refractivity contribution in [2.75, 3.05) is 0 Å². The van der Waals surface area contributed by atoms with E-state index >= 15 is 0 Å². The van der Waals surface area contributed by atoms with Gasteiger partial charge in [0.1, 0.15) is 0 Å². The van der Waals surface area contributed by atoms with Gasteiger partial charge >= 0.3 is 0 Å². The maximum atomic E-state index is 8.77. The summed E-state index contributed by atoms with van der Waals surface area (Å²) in [7, 11) is 0. The maximum Gasteiger partial charge on any atom is 0.0725 e. The zero-order chi connectivity index (χ0) is 5.70. The summed E-state index contributed by atoms with van der Waals surface area (Å²) in [5.74, 6) is 0. The lowest BCUT2D eigenvalue weighted by Crippen LogP contribution is -1.96. The van der Waals surface area contributed by atoms with Gasteiger partial charge in [0, 0.05) is 0 Å². The number of aliphatic hydroxyl groups is 1. The molecule has 0 spiro atoms. The molecule has 0 amide bonds. The fourth-order valence-corrected chi connectivity index (χ4v) is 0.699. The molecule has 0 aliphatic carbocycles. The quantitative estimate of drug-likeness (QED) is 0.690. The summed E-state index contributed by atoms with van der Waals surface area (Å²) in [5.41, 5.74) is 0. The van der Waals surface area contributed by atoms with E-state index in [4.69, 9.17) is 5.11 Å². The Kier molecular flexibility index (Phi) is 4.87. The molecule has 1 nitrogen and oxygen atoms in total. The molecule has 0 aliphatic heterocycles. The van der Waals surface area contributed by atoms with Crippen molar-refractivity contribution in [3.05, 3.63) is 10.2 Å². The average molecular weight is 212 g/mol. The average Bonchev–Trinajstić information content (AvgIpc) is 1.68. The Bertz CT molecular complexity index is 61.1. The second-order valence-corrected chi connectivity index (χ2v) is 2.01. The van der Waals surface area contributed by atoms with Crippen LogP contribution in [0.25, 0.3) is 0 Å².